The number of hydrogen-bond acceptors (Lipinski definition) is 3. The number of aliphatic hydroxyl groups is 1. The van der Waals surface area contributed by atoms with Gasteiger partial charge in [0, 0.05) is 0 Å². The van der Waals surface area contributed by atoms with E-state index in [-0.39, 0.29) is 17.4 Å². The molecule has 1 aliphatic heterocycles. The van der Waals surface area contributed by atoms with Crippen LogP contribution in [0.5, 0.6) is 0 Å². The van der Waals surface area contributed by atoms with Crippen LogP contribution in [-0.4, -0.2) is 31.1 Å². The first-order valence-corrected chi connectivity index (χ1v) is 6.86. The summed E-state index contributed by atoms with van der Waals surface area (Å²) < 4.78 is 22.3. The van der Waals surface area contributed by atoms with Gasteiger partial charge in [0.05, 0.1) is 17.6 Å². The van der Waals surface area contributed by atoms with E-state index in [0.717, 1.165) is 12.8 Å². The predicted octanol–water partition coefficient (Wildman–Crippen LogP) is 1.14. The Bertz CT molecular complexity index is 282. The Morgan fingerprint density at radius 2 is 2.29 bits per heavy atom. The van der Waals surface area contributed by atoms with Crippen molar-refractivity contribution in [2.24, 2.45) is 5.92 Å². The monoisotopic (exact) mass is 218 g/mol. The zero-order chi connectivity index (χ0) is 10.6. The van der Waals surface area contributed by atoms with Crippen molar-refractivity contribution in [2.75, 3.05) is 11.5 Å². The molecule has 0 aromatic rings. The van der Waals surface area contributed by atoms with Crippen molar-refractivity contribution in [3.05, 3.63) is 12.7 Å². The molecule has 0 bridgehead atoms. The van der Waals surface area contributed by atoms with Gasteiger partial charge >= 0.3 is 0 Å². The Kier molecular flexibility index (Phi) is 4.13. The average molecular weight is 218 g/mol. The predicted molar refractivity (Wildman–Crippen MR) is 56.8 cm³/mol. The number of rotatable bonds is 5. The lowest BCUT2D eigenvalue weighted by atomic mass is 9.97. The number of allylic oxidation sites excluding steroid dienone is 1. The molecule has 1 fully saturated rings. The van der Waals surface area contributed by atoms with E-state index in [2.05, 4.69) is 6.58 Å². The third kappa shape index (κ3) is 3.42. The minimum absolute atomic E-state index is 0.0372. The van der Waals surface area contributed by atoms with Crippen molar-refractivity contribution < 1.29 is 13.5 Å². The third-order valence-corrected chi connectivity index (χ3v) is 4.51. The highest BCUT2D eigenvalue weighted by Crippen LogP contribution is 2.24. The van der Waals surface area contributed by atoms with Crippen molar-refractivity contribution in [3.8, 4) is 0 Å². The quantitative estimate of drug-likeness (QED) is 0.556. The van der Waals surface area contributed by atoms with Crippen LogP contribution in [0.2, 0.25) is 0 Å². The lowest BCUT2D eigenvalue weighted by Crippen LogP contribution is -2.21. The second-order valence-corrected chi connectivity index (χ2v) is 6.18. The molecule has 0 saturated carbocycles. The Morgan fingerprint density at radius 3 is 2.79 bits per heavy atom. The largest absolute Gasteiger partial charge is 0.393 e. The van der Waals surface area contributed by atoms with Gasteiger partial charge in [-0.3, -0.25) is 0 Å². The van der Waals surface area contributed by atoms with Gasteiger partial charge in [-0.15, -0.1) is 6.58 Å². The lowest BCUT2D eigenvalue weighted by Gasteiger charge is -2.15. The molecule has 1 saturated heterocycles. The number of sulfone groups is 1. The van der Waals surface area contributed by atoms with Gasteiger partial charge in [0.2, 0.25) is 0 Å². The first-order valence-electron chi connectivity index (χ1n) is 5.04. The molecule has 0 aromatic carbocycles. The molecule has 2 unspecified atom stereocenters. The first-order chi connectivity index (χ1) is 6.55. The summed E-state index contributed by atoms with van der Waals surface area (Å²) in [6.07, 6.45) is 4.45. The van der Waals surface area contributed by atoms with Crippen LogP contribution >= 0.6 is 0 Å². The third-order valence-electron chi connectivity index (χ3n) is 2.72. The highest BCUT2D eigenvalue weighted by molar-refractivity contribution is 7.91. The van der Waals surface area contributed by atoms with Crippen LogP contribution in [0.25, 0.3) is 0 Å². The second kappa shape index (κ2) is 4.94. The van der Waals surface area contributed by atoms with Gasteiger partial charge in [-0.2, -0.15) is 0 Å². The Labute approximate surface area is 85.7 Å². The van der Waals surface area contributed by atoms with Crippen LogP contribution < -0.4 is 0 Å². The van der Waals surface area contributed by atoms with E-state index in [1.807, 2.05) is 6.08 Å². The SMILES string of the molecule is C=CCCCC(O)C1CCS(=O)(=O)C1. The smallest absolute Gasteiger partial charge is 0.150 e. The Hall–Kier alpha value is -0.350. The summed E-state index contributed by atoms with van der Waals surface area (Å²) in [7, 11) is -2.85. The van der Waals surface area contributed by atoms with Crippen LogP contribution in [0, 0.1) is 5.92 Å². The lowest BCUT2D eigenvalue weighted by molar-refractivity contribution is 0.109. The van der Waals surface area contributed by atoms with E-state index < -0.39 is 15.9 Å². The minimum Gasteiger partial charge on any atom is -0.393 e. The zero-order valence-electron chi connectivity index (χ0n) is 8.35. The molecule has 0 aromatic heterocycles. The van der Waals surface area contributed by atoms with E-state index in [4.69, 9.17) is 0 Å². The Balaban J connectivity index is 2.32. The fourth-order valence-electron chi connectivity index (χ4n) is 1.83. The number of hydrogen-bond donors (Lipinski definition) is 1. The van der Waals surface area contributed by atoms with Gasteiger partial charge in [0.25, 0.3) is 0 Å². The van der Waals surface area contributed by atoms with E-state index in [1.54, 1.807) is 0 Å². The van der Waals surface area contributed by atoms with Crippen molar-refractivity contribution in [3.63, 3.8) is 0 Å². The van der Waals surface area contributed by atoms with Crippen LogP contribution in [0.15, 0.2) is 12.7 Å². The van der Waals surface area contributed by atoms with Gasteiger partial charge in [0.1, 0.15) is 0 Å². The summed E-state index contributed by atoms with van der Waals surface area (Å²) >= 11 is 0. The first kappa shape index (κ1) is 11.7. The van der Waals surface area contributed by atoms with E-state index in [0.29, 0.717) is 12.8 Å². The fourth-order valence-corrected chi connectivity index (χ4v) is 3.70. The highest BCUT2D eigenvalue weighted by atomic mass is 32.2. The van der Waals surface area contributed by atoms with Crippen LogP contribution in [-0.2, 0) is 9.84 Å². The molecular formula is C10H18O3S. The molecule has 0 amide bonds. The standard InChI is InChI=1S/C10H18O3S/c1-2-3-4-5-10(11)9-6-7-14(12,13)8-9/h2,9-11H,1,3-8H2. The molecule has 2 atom stereocenters. The van der Waals surface area contributed by atoms with Crippen molar-refractivity contribution >= 4 is 9.84 Å². The second-order valence-electron chi connectivity index (χ2n) is 3.95. The number of aliphatic hydroxyl groups excluding tert-OH is 1. The molecular weight excluding hydrogens is 200 g/mol. The van der Waals surface area contributed by atoms with Crippen LogP contribution in [0.1, 0.15) is 25.7 Å². The van der Waals surface area contributed by atoms with E-state index in [1.165, 1.54) is 0 Å². The molecule has 3 nitrogen and oxygen atoms in total. The minimum atomic E-state index is -2.85. The van der Waals surface area contributed by atoms with Gasteiger partial charge < -0.3 is 5.11 Å². The van der Waals surface area contributed by atoms with Crippen molar-refractivity contribution in [2.45, 2.75) is 31.8 Å². The van der Waals surface area contributed by atoms with E-state index >= 15 is 0 Å². The molecule has 82 valence electrons. The van der Waals surface area contributed by atoms with Crippen LogP contribution in [0.4, 0.5) is 0 Å². The van der Waals surface area contributed by atoms with Crippen molar-refractivity contribution in [1.29, 1.82) is 0 Å². The maximum absolute atomic E-state index is 11.1. The van der Waals surface area contributed by atoms with Gasteiger partial charge in [-0.25, -0.2) is 8.42 Å². The molecule has 0 spiro atoms. The average Bonchev–Trinajstić information content (AvgIpc) is 2.46. The van der Waals surface area contributed by atoms with Gasteiger partial charge in [-0.1, -0.05) is 6.08 Å². The van der Waals surface area contributed by atoms with E-state index in [9.17, 15) is 13.5 Å². The fraction of sp³-hybridized carbons (Fsp3) is 0.800. The molecule has 4 heteroatoms. The summed E-state index contributed by atoms with van der Waals surface area (Å²) in [5.41, 5.74) is 0. The summed E-state index contributed by atoms with van der Waals surface area (Å²) in [5, 5.41) is 9.71. The molecule has 1 aliphatic rings. The van der Waals surface area contributed by atoms with Gasteiger partial charge in [-0.05, 0) is 31.6 Å². The summed E-state index contributed by atoms with van der Waals surface area (Å²) in [6, 6.07) is 0. The van der Waals surface area contributed by atoms with Gasteiger partial charge in [0.15, 0.2) is 9.84 Å². The molecule has 0 radical (unpaired) electrons. The molecule has 0 aliphatic carbocycles. The van der Waals surface area contributed by atoms with Crippen LogP contribution in [0.3, 0.4) is 0 Å². The summed E-state index contributed by atoms with van der Waals surface area (Å²) in [5.74, 6) is 0.378. The Morgan fingerprint density at radius 1 is 1.57 bits per heavy atom. The summed E-state index contributed by atoms with van der Waals surface area (Å²) in [6.45, 7) is 3.60. The topological polar surface area (TPSA) is 54.4 Å². The molecule has 14 heavy (non-hydrogen) atoms. The normalized spacial score (nSPS) is 27.4. The summed E-state index contributed by atoms with van der Waals surface area (Å²) in [4.78, 5) is 0. The highest BCUT2D eigenvalue weighted by Gasteiger charge is 2.32. The molecule has 1 N–H and O–H groups in total. The maximum atomic E-state index is 11.1. The molecule has 1 rings (SSSR count). The number of unbranched alkanes of at least 4 members (excludes halogenated alkanes) is 1. The van der Waals surface area contributed by atoms with Crippen molar-refractivity contribution in [1.82, 2.24) is 0 Å². The zero-order valence-corrected chi connectivity index (χ0v) is 9.17. The maximum Gasteiger partial charge on any atom is 0.150 e. The molecule has 1 heterocycles.